The smallest absolute Gasteiger partial charge is 0.277 e. The lowest BCUT2D eigenvalue weighted by Crippen LogP contribution is -2.15. The van der Waals surface area contributed by atoms with Crippen LogP contribution in [-0.2, 0) is 5.75 Å². The van der Waals surface area contributed by atoms with Gasteiger partial charge in [-0.15, -0.1) is 10.2 Å². The fraction of sp³-hybridized carbons (Fsp3) is 0.238. The number of nitrogens with zero attached hydrogens (tertiary/aromatic N) is 4. The Labute approximate surface area is 182 Å². The highest BCUT2D eigenvalue weighted by Crippen LogP contribution is 2.41. The highest BCUT2D eigenvalue weighted by molar-refractivity contribution is 7.98. The fourth-order valence-corrected chi connectivity index (χ4v) is 3.71. The van der Waals surface area contributed by atoms with Crippen molar-refractivity contribution in [1.29, 1.82) is 0 Å². The van der Waals surface area contributed by atoms with Crippen molar-refractivity contribution in [1.82, 2.24) is 19.6 Å². The van der Waals surface area contributed by atoms with E-state index in [0.29, 0.717) is 51.0 Å². The number of ether oxygens (including phenoxy) is 3. The number of thioether (sulfide) groups is 1. The lowest BCUT2D eigenvalue weighted by Gasteiger charge is -2.12. The largest absolute Gasteiger partial charge is 0.493 e. The number of rotatable bonds is 7. The first kappa shape index (κ1) is 20.7. The zero-order chi connectivity index (χ0) is 22.0. The van der Waals surface area contributed by atoms with Crippen LogP contribution in [0.5, 0.6) is 17.2 Å². The van der Waals surface area contributed by atoms with Crippen LogP contribution in [0, 0.1) is 6.92 Å². The summed E-state index contributed by atoms with van der Waals surface area (Å²) in [5.41, 5.74) is 2.71. The third-order valence-corrected chi connectivity index (χ3v) is 5.37. The van der Waals surface area contributed by atoms with Crippen molar-refractivity contribution in [2.24, 2.45) is 0 Å². The summed E-state index contributed by atoms with van der Waals surface area (Å²) in [5.74, 6) is 2.17. The number of fused-ring (bicyclic) bond motifs is 1. The molecule has 31 heavy (non-hydrogen) atoms. The summed E-state index contributed by atoms with van der Waals surface area (Å²) in [6, 6.07) is 8.71. The molecule has 0 aliphatic carbocycles. The number of hydrogen-bond acceptors (Lipinski definition) is 9. The highest BCUT2D eigenvalue weighted by Gasteiger charge is 2.18. The molecule has 10 heteroatoms. The summed E-state index contributed by atoms with van der Waals surface area (Å²) >= 11 is 1.30. The molecule has 0 saturated heterocycles. The van der Waals surface area contributed by atoms with Gasteiger partial charge < -0.3 is 18.6 Å². The van der Waals surface area contributed by atoms with Crippen LogP contribution in [0.3, 0.4) is 0 Å². The van der Waals surface area contributed by atoms with Gasteiger partial charge in [0.15, 0.2) is 11.5 Å². The van der Waals surface area contributed by atoms with Gasteiger partial charge in [-0.1, -0.05) is 17.8 Å². The van der Waals surface area contributed by atoms with Crippen LogP contribution in [0.4, 0.5) is 0 Å². The van der Waals surface area contributed by atoms with Crippen LogP contribution in [0.15, 0.2) is 51.0 Å². The lowest BCUT2D eigenvalue weighted by molar-refractivity contribution is 0.324. The number of aryl methyl sites for hydroxylation is 1. The Morgan fingerprint density at radius 1 is 1.03 bits per heavy atom. The van der Waals surface area contributed by atoms with Gasteiger partial charge in [0.05, 0.1) is 27.0 Å². The first-order valence-electron chi connectivity index (χ1n) is 9.28. The topological polar surface area (TPSA) is 101 Å². The van der Waals surface area contributed by atoms with Crippen molar-refractivity contribution in [3.05, 3.63) is 58.1 Å². The van der Waals surface area contributed by atoms with Crippen molar-refractivity contribution >= 4 is 17.4 Å². The Balaban J connectivity index is 1.56. The van der Waals surface area contributed by atoms with Crippen LogP contribution in [-0.4, -0.2) is 40.9 Å². The van der Waals surface area contributed by atoms with Crippen LogP contribution >= 0.6 is 11.8 Å². The van der Waals surface area contributed by atoms with Gasteiger partial charge in [0.25, 0.3) is 10.8 Å². The maximum atomic E-state index is 12.4. The second-order valence-corrected chi connectivity index (χ2v) is 7.52. The van der Waals surface area contributed by atoms with Gasteiger partial charge in [0.1, 0.15) is 5.65 Å². The van der Waals surface area contributed by atoms with Gasteiger partial charge in [0.2, 0.25) is 11.6 Å². The van der Waals surface area contributed by atoms with Crippen molar-refractivity contribution in [2.75, 3.05) is 21.3 Å². The van der Waals surface area contributed by atoms with E-state index in [4.69, 9.17) is 18.6 Å². The van der Waals surface area contributed by atoms with Crippen molar-refractivity contribution in [3.8, 4) is 28.7 Å². The summed E-state index contributed by atoms with van der Waals surface area (Å²) in [5, 5.41) is 8.54. The third-order valence-electron chi connectivity index (χ3n) is 4.52. The van der Waals surface area contributed by atoms with Gasteiger partial charge in [-0.2, -0.15) is 0 Å². The molecule has 0 fully saturated rings. The summed E-state index contributed by atoms with van der Waals surface area (Å²) in [6.07, 6.45) is 1.77. The number of methoxy groups -OCH3 is 3. The molecule has 9 nitrogen and oxygen atoms in total. The minimum atomic E-state index is -0.132. The first-order valence-corrected chi connectivity index (χ1v) is 10.3. The standard InChI is InChI=1S/C21H20N4O5S/c1-12-5-6-17-22-14(9-18(26)25(17)10-12)11-31-21-24-23-20(30-21)13-7-15(27-2)19(29-4)16(8-13)28-3/h5-10H,11H2,1-4H3. The Morgan fingerprint density at radius 2 is 1.77 bits per heavy atom. The maximum absolute atomic E-state index is 12.4. The minimum absolute atomic E-state index is 0.132. The Bertz CT molecular complexity index is 1280. The van der Waals surface area contributed by atoms with E-state index in [2.05, 4.69) is 15.2 Å². The number of hydrogen-bond donors (Lipinski definition) is 0. The van der Waals surface area contributed by atoms with Gasteiger partial charge in [-0.3, -0.25) is 9.20 Å². The predicted octanol–water partition coefficient (Wildman–Crippen LogP) is 3.37. The number of aromatic nitrogens is 4. The molecule has 160 valence electrons. The van der Waals surface area contributed by atoms with E-state index in [-0.39, 0.29) is 5.56 Å². The minimum Gasteiger partial charge on any atom is -0.493 e. The molecule has 0 atom stereocenters. The van der Waals surface area contributed by atoms with Gasteiger partial charge in [0, 0.05) is 23.6 Å². The Hall–Kier alpha value is -3.53. The monoisotopic (exact) mass is 440 g/mol. The SMILES string of the molecule is COc1cc(-c2nnc(SCc3cc(=O)n4cc(C)ccc4n3)o2)cc(OC)c1OC. The van der Waals surface area contributed by atoms with E-state index in [9.17, 15) is 4.79 Å². The molecule has 3 heterocycles. The molecule has 0 aliphatic rings. The molecule has 0 aliphatic heterocycles. The summed E-state index contributed by atoms with van der Waals surface area (Å²) in [4.78, 5) is 16.9. The number of benzene rings is 1. The molecule has 0 saturated carbocycles. The molecule has 4 aromatic rings. The lowest BCUT2D eigenvalue weighted by atomic mass is 10.2. The molecule has 0 radical (unpaired) electrons. The molecule has 3 aromatic heterocycles. The van der Waals surface area contributed by atoms with Gasteiger partial charge in [-0.05, 0) is 30.7 Å². The van der Waals surface area contributed by atoms with Crippen LogP contribution in [0.2, 0.25) is 0 Å². The molecule has 0 bridgehead atoms. The summed E-state index contributed by atoms with van der Waals surface area (Å²) in [7, 11) is 4.61. The van der Waals surface area contributed by atoms with Crippen molar-refractivity contribution < 1.29 is 18.6 Å². The second-order valence-electron chi connectivity index (χ2n) is 6.60. The Kier molecular flexibility index (Phi) is 5.81. The normalized spacial score (nSPS) is 11.0. The van der Waals surface area contributed by atoms with E-state index in [1.165, 1.54) is 43.6 Å². The first-order chi connectivity index (χ1) is 15.0. The third kappa shape index (κ3) is 4.19. The number of pyridine rings is 1. The summed E-state index contributed by atoms with van der Waals surface area (Å²) in [6.45, 7) is 1.93. The maximum Gasteiger partial charge on any atom is 0.277 e. The fourth-order valence-electron chi connectivity index (χ4n) is 3.06. The van der Waals surface area contributed by atoms with E-state index in [1.807, 2.05) is 19.1 Å². The molecular weight excluding hydrogens is 420 g/mol. The molecule has 0 spiro atoms. The molecule has 1 aromatic carbocycles. The zero-order valence-corrected chi connectivity index (χ0v) is 18.2. The summed E-state index contributed by atoms with van der Waals surface area (Å²) < 4.78 is 23.4. The molecule has 4 rings (SSSR count). The van der Waals surface area contributed by atoms with E-state index in [1.54, 1.807) is 18.3 Å². The van der Waals surface area contributed by atoms with Crippen LogP contribution in [0.25, 0.3) is 17.1 Å². The molecule has 0 amide bonds. The molecular formula is C21H20N4O5S. The van der Waals surface area contributed by atoms with E-state index in [0.717, 1.165) is 5.56 Å². The Morgan fingerprint density at radius 3 is 2.45 bits per heavy atom. The molecule has 0 N–H and O–H groups in total. The average molecular weight is 440 g/mol. The second kappa shape index (κ2) is 8.68. The van der Waals surface area contributed by atoms with E-state index >= 15 is 0 Å². The van der Waals surface area contributed by atoms with Gasteiger partial charge >= 0.3 is 0 Å². The van der Waals surface area contributed by atoms with E-state index < -0.39 is 0 Å². The van der Waals surface area contributed by atoms with Gasteiger partial charge in [-0.25, -0.2) is 4.98 Å². The molecule has 0 unspecified atom stereocenters. The van der Waals surface area contributed by atoms with Crippen molar-refractivity contribution in [2.45, 2.75) is 17.9 Å². The van der Waals surface area contributed by atoms with Crippen LogP contribution < -0.4 is 19.8 Å². The quantitative estimate of drug-likeness (QED) is 0.400. The van der Waals surface area contributed by atoms with Crippen molar-refractivity contribution in [3.63, 3.8) is 0 Å². The van der Waals surface area contributed by atoms with Crippen LogP contribution in [0.1, 0.15) is 11.3 Å². The average Bonchev–Trinajstić information content (AvgIpc) is 3.26. The predicted molar refractivity (Wildman–Crippen MR) is 115 cm³/mol. The zero-order valence-electron chi connectivity index (χ0n) is 17.4. The highest BCUT2D eigenvalue weighted by atomic mass is 32.2.